The van der Waals surface area contributed by atoms with Gasteiger partial charge in [-0.1, -0.05) is 227 Å². The van der Waals surface area contributed by atoms with Crippen molar-refractivity contribution < 1.29 is 28.6 Å². The predicted octanol–water partition coefficient (Wildman–Crippen LogP) is 15.4. The third-order valence-corrected chi connectivity index (χ3v) is 11.3. The lowest BCUT2D eigenvalue weighted by Crippen LogP contribution is -2.30. The molecule has 326 valence electrons. The molecule has 0 aromatic heterocycles. The van der Waals surface area contributed by atoms with Gasteiger partial charge in [-0.2, -0.15) is 0 Å². The molecule has 1 unspecified atom stereocenters. The standard InChI is InChI=1S/C49H94O6/c1-6-8-9-10-11-12-13-14-15-20-25-31-36-41-49(52)55-46(43-54-48(51)40-35-30-26-21-22-27-32-37-44(3)4)42-53-47(50)39-34-29-24-19-17-16-18-23-28-33-38-45(5)7-2/h44-46H,6-43H2,1-5H3/t45?,46-/m0/s1. The van der Waals surface area contributed by atoms with Gasteiger partial charge in [0.15, 0.2) is 6.10 Å². The second-order valence-corrected chi connectivity index (χ2v) is 17.5. The Morgan fingerprint density at radius 2 is 0.691 bits per heavy atom. The molecule has 0 rings (SSSR count). The van der Waals surface area contributed by atoms with Crippen LogP contribution in [0.4, 0.5) is 0 Å². The van der Waals surface area contributed by atoms with E-state index in [0.29, 0.717) is 19.3 Å². The molecule has 0 saturated carbocycles. The van der Waals surface area contributed by atoms with E-state index in [1.807, 2.05) is 0 Å². The summed E-state index contributed by atoms with van der Waals surface area (Å²) in [5, 5.41) is 0. The van der Waals surface area contributed by atoms with Gasteiger partial charge in [-0.05, 0) is 31.1 Å². The van der Waals surface area contributed by atoms with Crippen molar-refractivity contribution in [3.05, 3.63) is 0 Å². The van der Waals surface area contributed by atoms with Crippen LogP contribution in [0.2, 0.25) is 0 Å². The maximum absolute atomic E-state index is 12.7. The van der Waals surface area contributed by atoms with E-state index in [4.69, 9.17) is 14.2 Å². The normalized spacial score (nSPS) is 12.5. The summed E-state index contributed by atoms with van der Waals surface area (Å²) in [6.07, 6.45) is 40.8. The maximum atomic E-state index is 12.7. The predicted molar refractivity (Wildman–Crippen MR) is 233 cm³/mol. The van der Waals surface area contributed by atoms with E-state index < -0.39 is 6.10 Å². The Kier molecular flexibility index (Phi) is 40.8. The summed E-state index contributed by atoms with van der Waals surface area (Å²) in [5.74, 6) is 0.796. The molecule has 0 bridgehead atoms. The van der Waals surface area contributed by atoms with E-state index >= 15 is 0 Å². The monoisotopic (exact) mass is 779 g/mol. The molecule has 0 aromatic rings. The van der Waals surface area contributed by atoms with E-state index in [-0.39, 0.29) is 31.1 Å². The number of hydrogen-bond acceptors (Lipinski definition) is 6. The largest absolute Gasteiger partial charge is 0.462 e. The summed E-state index contributed by atoms with van der Waals surface area (Å²) in [4.78, 5) is 37.8. The van der Waals surface area contributed by atoms with E-state index in [1.54, 1.807) is 0 Å². The van der Waals surface area contributed by atoms with Gasteiger partial charge in [0.25, 0.3) is 0 Å². The SMILES string of the molecule is CCCCCCCCCCCCCCCC(=O)O[C@@H](COC(=O)CCCCCCCCCCCCC(C)CC)COC(=O)CCCCCCCCCC(C)C. The Bertz CT molecular complexity index is 841. The summed E-state index contributed by atoms with van der Waals surface area (Å²) in [6, 6.07) is 0. The molecule has 0 aromatic carbocycles. The fraction of sp³-hybridized carbons (Fsp3) is 0.939. The fourth-order valence-electron chi connectivity index (χ4n) is 7.25. The molecular formula is C49H94O6. The van der Waals surface area contributed by atoms with Gasteiger partial charge < -0.3 is 14.2 Å². The molecule has 0 spiro atoms. The minimum absolute atomic E-state index is 0.0649. The topological polar surface area (TPSA) is 78.9 Å². The van der Waals surface area contributed by atoms with Crippen LogP contribution in [0, 0.1) is 11.8 Å². The van der Waals surface area contributed by atoms with Crippen molar-refractivity contribution in [3.63, 3.8) is 0 Å². The number of carbonyl (C=O) groups is 3. The Labute approximate surface area is 342 Å². The summed E-state index contributed by atoms with van der Waals surface area (Å²) in [5.41, 5.74) is 0. The van der Waals surface area contributed by atoms with E-state index in [9.17, 15) is 14.4 Å². The van der Waals surface area contributed by atoms with Gasteiger partial charge in [0.1, 0.15) is 13.2 Å². The second kappa shape index (κ2) is 42.0. The minimum atomic E-state index is -0.761. The Hall–Kier alpha value is -1.59. The third kappa shape index (κ3) is 41.9. The van der Waals surface area contributed by atoms with Crippen LogP contribution in [-0.2, 0) is 28.6 Å². The van der Waals surface area contributed by atoms with Crippen molar-refractivity contribution >= 4 is 17.9 Å². The molecule has 0 fully saturated rings. The van der Waals surface area contributed by atoms with Crippen LogP contribution in [0.3, 0.4) is 0 Å². The summed E-state index contributed by atoms with van der Waals surface area (Å²) in [6.45, 7) is 11.3. The highest BCUT2D eigenvalue weighted by molar-refractivity contribution is 5.71. The molecule has 0 N–H and O–H groups in total. The van der Waals surface area contributed by atoms with Crippen molar-refractivity contribution in [2.45, 2.75) is 272 Å². The average Bonchev–Trinajstić information content (AvgIpc) is 3.17. The van der Waals surface area contributed by atoms with Crippen molar-refractivity contribution in [2.75, 3.05) is 13.2 Å². The number of unbranched alkanes of at least 4 members (excludes halogenated alkanes) is 27. The van der Waals surface area contributed by atoms with Crippen LogP contribution in [0.1, 0.15) is 266 Å². The first kappa shape index (κ1) is 53.4. The van der Waals surface area contributed by atoms with E-state index in [2.05, 4.69) is 34.6 Å². The molecule has 0 aliphatic rings. The van der Waals surface area contributed by atoms with Gasteiger partial charge >= 0.3 is 17.9 Å². The zero-order valence-electron chi connectivity index (χ0n) is 37.6. The molecule has 55 heavy (non-hydrogen) atoms. The first-order valence-corrected chi connectivity index (χ1v) is 24.3. The summed E-state index contributed by atoms with van der Waals surface area (Å²) >= 11 is 0. The molecular weight excluding hydrogens is 685 g/mol. The average molecular weight is 779 g/mol. The molecule has 2 atom stereocenters. The Morgan fingerprint density at radius 1 is 0.382 bits per heavy atom. The highest BCUT2D eigenvalue weighted by atomic mass is 16.6. The van der Waals surface area contributed by atoms with Gasteiger partial charge in [0.2, 0.25) is 0 Å². The molecule has 0 heterocycles. The number of esters is 3. The number of ether oxygens (including phenoxy) is 3. The zero-order chi connectivity index (χ0) is 40.5. The maximum Gasteiger partial charge on any atom is 0.306 e. The summed E-state index contributed by atoms with van der Waals surface area (Å²) in [7, 11) is 0. The zero-order valence-corrected chi connectivity index (χ0v) is 37.6. The van der Waals surface area contributed by atoms with Gasteiger partial charge in [-0.3, -0.25) is 14.4 Å². The lowest BCUT2D eigenvalue weighted by molar-refractivity contribution is -0.167. The molecule has 0 amide bonds. The van der Waals surface area contributed by atoms with Gasteiger partial charge in [0, 0.05) is 19.3 Å². The molecule has 0 saturated heterocycles. The van der Waals surface area contributed by atoms with Crippen LogP contribution in [0.25, 0.3) is 0 Å². The molecule has 0 aliphatic heterocycles. The first-order valence-electron chi connectivity index (χ1n) is 24.3. The number of hydrogen-bond donors (Lipinski definition) is 0. The van der Waals surface area contributed by atoms with Crippen molar-refractivity contribution in [1.29, 1.82) is 0 Å². The second-order valence-electron chi connectivity index (χ2n) is 17.5. The minimum Gasteiger partial charge on any atom is -0.462 e. The first-order chi connectivity index (χ1) is 26.8. The Balaban J connectivity index is 4.32. The third-order valence-electron chi connectivity index (χ3n) is 11.3. The van der Waals surface area contributed by atoms with Crippen molar-refractivity contribution in [1.82, 2.24) is 0 Å². The van der Waals surface area contributed by atoms with Crippen molar-refractivity contribution in [3.8, 4) is 0 Å². The lowest BCUT2D eigenvalue weighted by Gasteiger charge is -2.18. The van der Waals surface area contributed by atoms with Crippen LogP contribution < -0.4 is 0 Å². The molecule has 0 radical (unpaired) electrons. The number of carbonyl (C=O) groups excluding carboxylic acids is 3. The van der Waals surface area contributed by atoms with Gasteiger partial charge in [-0.25, -0.2) is 0 Å². The highest BCUT2D eigenvalue weighted by Crippen LogP contribution is 2.17. The fourth-order valence-corrected chi connectivity index (χ4v) is 7.25. The molecule has 6 heteroatoms. The van der Waals surface area contributed by atoms with Gasteiger partial charge in [0.05, 0.1) is 0 Å². The lowest BCUT2D eigenvalue weighted by atomic mass is 9.99. The van der Waals surface area contributed by atoms with Crippen molar-refractivity contribution in [2.24, 2.45) is 11.8 Å². The molecule has 6 nitrogen and oxygen atoms in total. The van der Waals surface area contributed by atoms with Crippen LogP contribution in [0.5, 0.6) is 0 Å². The quantitative estimate of drug-likeness (QED) is 0.0348. The van der Waals surface area contributed by atoms with E-state index in [0.717, 1.165) is 69.6 Å². The molecule has 0 aliphatic carbocycles. The number of rotatable bonds is 43. The Morgan fingerprint density at radius 3 is 1.04 bits per heavy atom. The smallest absolute Gasteiger partial charge is 0.306 e. The summed E-state index contributed by atoms with van der Waals surface area (Å²) < 4.78 is 16.7. The van der Waals surface area contributed by atoms with Gasteiger partial charge in [-0.15, -0.1) is 0 Å². The van der Waals surface area contributed by atoms with Crippen LogP contribution >= 0.6 is 0 Å². The highest BCUT2D eigenvalue weighted by Gasteiger charge is 2.19. The van der Waals surface area contributed by atoms with Crippen LogP contribution in [0.15, 0.2) is 0 Å². The van der Waals surface area contributed by atoms with Crippen LogP contribution in [-0.4, -0.2) is 37.2 Å². The van der Waals surface area contributed by atoms with E-state index in [1.165, 1.54) is 154 Å².